The first-order chi connectivity index (χ1) is 19.6. The summed E-state index contributed by atoms with van der Waals surface area (Å²) in [4.78, 5) is 28.3. The Hall–Kier alpha value is -6.87. The zero-order chi connectivity index (χ0) is 28.5. The Morgan fingerprint density at radius 3 is 0.775 bits per heavy atom. The number of fused-ring (bicyclic) bond motifs is 6. The van der Waals surface area contributed by atoms with Crippen molar-refractivity contribution in [3.05, 3.63) is 71.1 Å². The molecule has 0 radical (unpaired) electrons. The standard InChI is InChI=1S/C29H13N11/c1-2-18-19(8-3-13-30)36-25-24(35-18)26-28(39-21(10-5-15-32)20(37-26)9-4-14-31)29-27(25)38-22(11-6-16-33)23(40-29)12-7-17-34/h2-12H,1H2/b8-3+,9-4+,10-5+,11-6+,12-7+. The molecule has 3 heterocycles. The average molecular weight is 516 g/mol. The van der Waals surface area contributed by atoms with Crippen LogP contribution in [0.15, 0.2) is 37.0 Å². The molecule has 0 aliphatic heterocycles. The van der Waals surface area contributed by atoms with Gasteiger partial charge in [-0.2, -0.15) is 26.3 Å². The second-order valence-electron chi connectivity index (χ2n) is 7.59. The smallest absolute Gasteiger partial charge is 0.120 e. The van der Waals surface area contributed by atoms with E-state index in [1.54, 1.807) is 0 Å². The van der Waals surface area contributed by atoms with E-state index in [2.05, 4.69) is 6.58 Å². The Kier molecular flexibility index (Phi) is 7.80. The van der Waals surface area contributed by atoms with Gasteiger partial charge in [0, 0.05) is 30.4 Å². The van der Waals surface area contributed by atoms with Crippen LogP contribution >= 0.6 is 0 Å². The number of allylic oxidation sites excluding steroid dienone is 5. The second-order valence-corrected chi connectivity index (χ2v) is 7.59. The summed E-state index contributed by atoms with van der Waals surface area (Å²) < 4.78 is 0. The fourth-order valence-corrected chi connectivity index (χ4v) is 3.72. The van der Waals surface area contributed by atoms with E-state index >= 15 is 0 Å². The zero-order valence-electron chi connectivity index (χ0n) is 20.5. The molecule has 0 amide bonds. The summed E-state index contributed by atoms with van der Waals surface area (Å²) in [6.45, 7) is 3.80. The van der Waals surface area contributed by atoms with Crippen LogP contribution in [0.1, 0.15) is 34.2 Å². The van der Waals surface area contributed by atoms with Crippen molar-refractivity contribution in [1.82, 2.24) is 29.9 Å². The van der Waals surface area contributed by atoms with Gasteiger partial charge in [0.15, 0.2) is 0 Å². The Morgan fingerprint density at radius 2 is 0.575 bits per heavy atom. The number of nitriles is 5. The summed E-state index contributed by atoms with van der Waals surface area (Å²) in [7, 11) is 0. The SMILES string of the molecule is C=Cc1nc2c(nc1/C=C/C#N)c1nc(/C=C/C#N)c(/C=C/C#N)nc1c1nc(/C=C/C#N)c(/C=C/C#N)nc21. The molecule has 0 aliphatic rings. The summed E-state index contributed by atoms with van der Waals surface area (Å²) in [5, 5.41) is 45.4. The number of aromatic nitrogens is 6. The lowest BCUT2D eigenvalue weighted by atomic mass is 10.1. The quantitative estimate of drug-likeness (QED) is 0.251. The third kappa shape index (κ3) is 5.01. The maximum Gasteiger partial charge on any atom is 0.120 e. The van der Waals surface area contributed by atoms with Crippen molar-refractivity contribution in [3.8, 4) is 30.3 Å². The van der Waals surface area contributed by atoms with Crippen LogP contribution in [0.25, 0.3) is 69.6 Å². The molecule has 0 saturated heterocycles. The van der Waals surface area contributed by atoms with Gasteiger partial charge in [-0.1, -0.05) is 6.58 Å². The highest BCUT2D eigenvalue weighted by Crippen LogP contribution is 2.32. The molecule has 0 saturated carbocycles. The van der Waals surface area contributed by atoms with Crippen LogP contribution in [-0.4, -0.2) is 29.9 Å². The summed E-state index contributed by atoms with van der Waals surface area (Å²) in [6.07, 6.45) is 14.9. The van der Waals surface area contributed by atoms with Crippen LogP contribution in [0.4, 0.5) is 0 Å². The van der Waals surface area contributed by atoms with Crippen molar-refractivity contribution < 1.29 is 0 Å². The molecule has 0 atom stereocenters. The van der Waals surface area contributed by atoms with E-state index < -0.39 is 0 Å². The molecule has 184 valence electrons. The highest BCUT2D eigenvalue weighted by atomic mass is 14.9. The van der Waals surface area contributed by atoms with E-state index in [0.717, 1.165) is 0 Å². The molecule has 11 nitrogen and oxygen atoms in total. The maximum atomic E-state index is 9.10. The Bertz CT molecular complexity index is 2020. The van der Waals surface area contributed by atoms with Gasteiger partial charge in [0.2, 0.25) is 0 Å². The normalized spacial score (nSPS) is 11.5. The number of benzene rings is 1. The molecule has 40 heavy (non-hydrogen) atoms. The molecule has 0 aliphatic carbocycles. The molecule has 0 unspecified atom stereocenters. The number of hydrogen-bond acceptors (Lipinski definition) is 11. The molecule has 4 aromatic rings. The molecular formula is C29H13N11. The fraction of sp³-hybridized carbons (Fsp3) is 0. The predicted octanol–water partition coefficient (Wildman–Crippen LogP) is 4.84. The first-order valence-electron chi connectivity index (χ1n) is 11.3. The van der Waals surface area contributed by atoms with E-state index in [0.29, 0.717) is 22.6 Å². The van der Waals surface area contributed by atoms with Crippen LogP contribution in [0, 0.1) is 56.7 Å². The number of nitrogens with zero attached hydrogens (tertiary/aromatic N) is 11. The van der Waals surface area contributed by atoms with Crippen molar-refractivity contribution in [1.29, 1.82) is 26.3 Å². The van der Waals surface area contributed by atoms with Crippen molar-refractivity contribution >= 4 is 69.6 Å². The minimum atomic E-state index is 0.264. The van der Waals surface area contributed by atoms with Crippen molar-refractivity contribution in [2.75, 3.05) is 0 Å². The van der Waals surface area contributed by atoms with Crippen LogP contribution in [0.5, 0.6) is 0 Å². The summed E-state index contributed by atoms with van der Waals surface area (Å²) >= 11 is 0. The molecule has 11 heteroatoms. The van der Waals surface area contributed by atoms with Gasteiger partial charge >= 0.3 is 0 Å². The topological polar surface area (TPSA) is 196 Å². The Balaban J connectivity index is 2.32. The van der Waals surface area contributed by atoms with Gasteiger partial charge < -0.3 is 0 Å². The second kappa shape index (κ2) is 11.9. The lowest BCUT2D eigenvalue weighted by Gasteiger charge is -2.12. The molecular weight excluding hydrogens is 502 g/mol. The summed E-state index contributed by atoms with van der Waals surface area (Å²) in [6, 6.07) is 9.56. The monoisotopic (exact) mass is 515 g/mol. The van der Waals surface area contributed by atoms with Crippen LogP contribution < -0.4 is 0 Å². The zero-order valence-corrected chi connectivity index (χ0v) is 20.5. The molecule has 1 aromatic carbocycles. The molecule has 0 bridgehead atoms. The van der Waals surface area contributed by atoms with Crippen molar-refractivity contribution in [2.24, 2.45) is 0 Å². The van der Waals surface area contributed by atoms with Crippen LogP contribution in [-0.2, 0) is 0 Å². The average Bonchev–Trinajstić information content (AvgIpc) is 2.98. The minimum absolute atomic E-state index is 0.264. The third-order valence-electron chi connectivity index (χ3n) is 5.30. The Labute approximate surface area is 227 Å². The summed E-state index contributed by atoms with van der Waals surface area (Å²) in [5.41, 5.74) is 3.54. The highest BCUT2D eigenvalue weighted by molar-refractivity contribution is 6.18. The first-order valence-corrected chi connectivity index (χ1v) is 11.3. The number of hydrogen-bond donors (Lipinski definition) is 0. The van der Waals surface area contributed by atoms with Crippen molar-refractivity contribution in [3.63, 3.8) is 0 Å². The lowest BCUT2D eigenvalue weighted by Crippen LogP contribution is -2.04. The van der Waals surface area contributed by atoms with Gasteiger partial charge in [-0.3, -0.25) is 0 Å². The molecule has 3 aromatic heterocycles. The fourth-order valence-electron chi connectivity index (χ4n) is 3.72. The van der Waals surface area contributed by atoms with E-state index in [9.17, 15) is 0 Å². The van der Waals surface area contributed by atoms with Crippen LogP contribution in [0.2, 0.25) is 0 Å². The molecule has 0 fully saturated rings. The van der Waals surface area contributed by atoms with Gasteiger partial charge in [0.1, 0.15) is 33.1 Å². The minimum Gasteiger partial charge on any atom is -0.242 e. The van der Waals surface area contributed by atoms with Gasteiger partial charge in [-0.05, 0) is 36.5 Å². The van der Waals surface area contributed by atoms with E-state index in [-0.39, 0.29) is 44.7 Å². The lowest BCUT2D eigenvalue weighted by molar-refractivity contribution is 1.19. The Morgan fingerprint density at radius 1 is 0.375 bits per heavy atom. The van der Waals surface area contributed by atoms with Crippen molar-refractivity contribution in [2.45, 2.75) is 0 Å². The summed E-state index contributed by atoms with van der Waals surface area (Å²) in [5.74, 6) is 0. The van der Waals surface area contributed by atoms with Crippen LogP contribution in [0.3, 0.4) is 0 Å². The van der Waals surface area contributed by atoms with Gasteiger partial charge in [-0.15, -0.1) is 0 Å². The largest absolute Gasteiger partial charge is 0.242 e. The van der Waals surface area contributed by atoms with Gasteiger partial charge in [0.05, 0.1) is 64.5 Å². The van der Waals surface area contributed by atoms with Gasteiger partial charge in [0.25, 0.3) is 0 Å². The van der Waals surface area contributed by atoms with Gasteiger partial charge in [-0.25, -0.2) is 29.9 Å². The highest BCUT2D eigenvalue weighted by Gasteiger charge is 2.20. The maximum absolute atomic E-state index is 9.10. The van der Waals surface area contributed by atoms with E-state index in [1.807, 2.05) is 30.3 Å². The van der Waals surface area contributed by atoms with E-state index in [1.165, 1.54) is 66.8 Å². The number of rotatable bonds is 6. The molecule has 0 N–H and O–H groups in total. The molecule has 4 rings (SSSR count). The molecule has 0 spiro atoms. The van der Waals surface area contributed by atoms with E-state index in [4.69, 9.17) is 56.2 Å². The third-order valence-corrected chi connectivity index (χ3v) is 5.30. The predicted molar refractivity (Wildman–Crippen MR) is 149 cm³/mol. The first kappa shape index (κ1) is 26.2.